The van der Waals surface area contributed by atoms with Crippen molar-refractivity contribution in [3.8, 4) is 0 Å². The van der Waals surface area contributed by atoms with Crippen LogP contribution in [0.2, 0.25) is 0 Å². The molecule has 0 amide bonds. The van der Waals surface area contributed by atoms with Gasteiger partial charge in [0, 0.05) is 0 Å². The fourth-order valence-corrected chi connectivity index (χ4v) is 2.36. The topological polar surface area (TPSA) is 55.1 Å². The second-order valence-corrected chi connectivity index (χ2v) is 4.91. The molecule has 22 heavy (non-hydrogen) atoms. The second kappa shape index (κ2) is 6.37. The second-order valence-electron chi connectivity index (χ2n) is 4.91. The normalized spacial score (nSPS) is 11.3. The van der Waals surface area contributed by atoms with Crippen molar-refractivity contribution in [2.45, 2.75) is 6.54 Å². The van der Waals surface area contributed by atoms with E-state index in [2.05, 4.69) is 4.98 Å². The molecule has 3 aromatic rings. The summed E-state index contributed by atoms with van der Waals surface area (Å²) in [4.78, 5) is 17.1. The van der Waals surface area contributed by atoms with E-state index in [0.717, 1.165) is 5.56 Å². The zero-order valence-corrected chi connectivity index (χ0v) is 12.0. The lowest BCUT2D eigenvalue weighted by Gasteiger charge is -2.09. The van der Waals surface area contributed by atoms with Crippen molar-refractivity contribution >= 4 is 23.1 Å². The number of fused-ring (bicyclic) bond motifs is 1. The molecule has 0 fully saturated rings. The number of para-hydroxylation sites is 1. The van der Waals surface area contributed by atoms with Gasteiger partial charge in [-0.3, -0.25) is 9.36 Å². The Balaban J connectivity index is 2.13. The number of aliphatic hydroxyl groups is 1. The zero-order chi connectivity index (χ0) is 15.4. The van der Waals surface area contributed by atoms with Crippen molar-refractivity contribution in [3.05, 3.63) is 76.3 Å². The maximum Gasteiger partial charge on any atom is 0.261 e. The van der Waals surface area contributed by atoms with Crippen molar-refractivity contribution in [1.82, 2.24) is 9.55 Å². The van der Waals surface area contributed by atoms with Gasteiger partial charge in [0.2, 0.25) is 0 Å². The summed E-state index contributed by atoms with van der Waals surface area (Å²) < 4.78 is 1.50. The lowest BCUT2D eigenvalue weighted by atomic mass is 10.2. The van der Waals surface area contributed by atoms with Gasteiger partial charge in [0.25, 0.3) is 5.56 Å². The average Bonchev–Trinajstić information content (AvgIpc) is 2.57. The molecule has 1 aromatic heterocycles. The van der Waals surface area contributed by atoms with Gasteiger partial charge < -0.3 is 5.11 Å². The van der Waals surface area contributed by atoms with E-state index in [9.17, 15) is 9.90 Å². The third kappa shape index (κ3) is 2.82. The van der Waals surface area contributed by atoms with Gasteiger partial charge in [0.15, 0.2) is 0 Å². The lowest BCUT2D eigenvalue weighted by molar-refractivity contribution is 0.273. The van der Waals surface area contributed by atoms with Crippen molar-refractivity contribution in [1.29, 1.82) is 0 Å². The van der Waals surface area contributed by atoms with Gasteiger partial charge in [0.05, 0.1) is 24.1 Å². The van der Waals surface area contributed by atoms with E-state index in [0.29, 0.717) is 16.7 Å². The summed E-state index contributed by atoms with van der Waals surface area (Å²) in [6, 6.07) is 17.1. The van der Waals surface area contributed by atoms with Gasteiger partial charge in [0.1, 0.15) is 5.82 Å². The highest BCUT2D eigenvalue weighted by atomic mass is 16.3. The van der Waals surface area contributed by atoms with E-state index in [1.165, 1.54) is 4.57 Å². The van der Waals surface area contributed by atoms with E-state index < -0.39 is 0 Å². The first-order valence-corrected chi connectivity index (χ1v) is 7.13. The fraction of sp³-hybridized carbons (Fsp3) is 0.111. The van der Waals surface area contributed by atoms with Gasteiger partial charge in [-0.05, 0) is 23.8 Å². The van der Waals surface area contributed by atoms with Crippen LogP contribution in [0.3, 0.4) is 0 Å². The summed E-state index contributed by atoms with van der Waals surface area (Å²) >= 11 is 0. The molecule has 0 bridgehead atoms. The van der Waals surface area contributed by atoms with Gasteiger partial charge in [-0.15, -0.1) is 0 Å². The lowest BCUT2D eigenvalue weighted by Crippen LogP contribution is -2.25. The van der Waals surface area contributed by atoms with E-state index in [1.807, 2.05) is 54.6 Å². The van der Waals surface area contributed by atoms with E-state index in [-0.39, 0.29) is 18.7 Å². The first-order valence-electron chi connectivity index (χ1n) is 7.13. The van der Waals surface area contributed by atoms with Gasteiger partial charge >= 0.3 is 0 Å². The number of nitrogens with zero attached hydrogens (tertiary/aromatic N) is 2. The summed E-state index contributed by atoms with van der Waals surface area (Å²) in [5.74, 6) is 0.543. The number of hydrogen-bond acceptors (Lipinski definition) is 3. The van der Waals surface area contributed by atoms with Gasteiger partial charge in [-0.2, -0.15) is 0 Å². The van der Waals surface area contributed by atoms with Crippen LogP contribution in [0.4, 0.5) is 0 Å². The van der Waals surface area contributed by atoms with E-state index in [4.69, 9.17) is 0 Å². The molecule has 1 heterocycles. The monoisotopic (exact) mass is 292 g/mol. The standard InChI is InChI=1S/C18H16N2O2/c21-13-12-20-17(11-10-14-6-2-1-3-7-14)19-16-9-5-4-8-15(16)18(20)22/h1-11,21H,12-13H2/b11-10+. The van der Waals surface area contributed by atoms with Crippen molar-refractivity contribution < 1.29 is 5.11 Å². The number of aromatic nitrogens is 2. The van der Waals surface area contributed by atoms with Crippen LogP contribution in [0.25, 0.3) is 23.1 Å². The van der Waals surface area contributed by atoms with Crippen LogP contribution in [-0.4, -0.2) is 21.3 Å². The fourth-order valence-electron chi connectivity index (χ4n) is 2.36. The van der Waals surface area contributed by atoms with Crippen molar-refractivity contribution in [2.75, 3.05) is 6.61 Å². The Labute approximate surface area is 128 Å². The van der Waals surface area contributed by atoms with Gasteiger partial charge in [-0.1, -0.05) is 48.5 Å². The number of rotatable bonds is 4. The van der Waals surface area contributed by atoms with Crippen LogP contribution in [-0.2, 0) is 6.54 Å². The van der Waals surface area contributed by atoms with E-state index >= 15 is 0 Å². The van der Waals surface area contributed by atoms with Crippen LogP contribution in [0.5, 0.6) is 0 Å². The maximum absolute atomic E-state index is 12.5. The molecule has 0 spiro atoms. The average molecular weight is 292 g/mol. The highest BCUT2D eigenvalue weighted by Gasteiger charge is 2.08. The Bertz CT molecular complexity index is 867. The molecule has 0 saturated carbocycles. The Hall–Kier alpha value is -2.72. The molecule has 0 aliphatic heterocycles. The molecule has 1 N–H and O–H groups in total. The minimum absolute atomic E-state index is 0.105. The molecule has 0 atom stereocenters. The third-order valence-corrected chi connectivity index (χ3v) is 3.44. The third-order valence-electron chi connectivity index (χ3n) is 3.44. The number of aliphatic hydroxyl groups excluding tert-OH is 1. The smallest absolute Gasteiger partial charge is 0.261 e. The summed E-state index contributed by atoms with van der Waals surface area (Å²) in [6.45, 7) is 0.122. The molecular weight excluding hydrogens is 276 g/mol. The Kier molecular flexibility index (Phi) is 4.12. The molecule has 4 heteroatoms. The SMILES string of the molecule is O=c1c2ccccc2nc(/C=C/c2ccccc2)n1CCO. The number of hydrogen-bond donors (Lipinski definition) is 1. The minimum Gasteiger partial charge on any atom is -0.395 e. The van der Waals surface area contributed by atoms with Crippen LogP contribution in [0.1, 0.15) is 11.4 Å². The Morgan fingerprint density at radius 1 is 1.00 bits per heavy atom. The summed E-state index contributed by atoms with van der Waals surface area (Å²) in [5, 5.41) is 9.78. The van der Waals surface area contributed by atoms with Crippen LogP contribution < -0.4 is 5.56 Å². The molecular formula is C18H16N2O2. The molecule has 0 aliphatic rings. The molecule has 0 radical (unpaired) electrons. The largest absolute Gasteiger partial charge is 0.395 e. The van der Waals surface area contributed by atoms with Crippen molar-refractivity contribution in [3.63, 3.8) is 0 Å². The van der Waals surface area contributed by atoms with Gasteiger partial charge in [-0.25, -0.2) is 4.98 Å². The minimum atomic E-state index is -0.132. The van der Waals surface area contributed by atoms with Crippen LogP contribution in [0.15, 0.2) is 59.4 Å². The highest BCUT2D eigenvalue weighted by molar-refractivity contribution is 5.79. The quantitative estimate of drug-likeness (QED) is 0.804. The summed E-state index contributed by atoms with van der Waals surface area (Å²) in [5.41, 5.74) is 1.56. The molecule has 0 aliphatic carbocycles. The van der Waals surface area contributed by atoms with E-state index in [1.54, 1.807) is 12.1 Å². The van der Waals surface area contributed by atoms with Crippen molar-refractivity contribution in [2.24, 2.45) is 0 Å². The summed E-state index contributed by atoms with van der Waals surface area (Å²) in [6.07, 6.45) is 3.71. The first kappa shape index (κ1) is 14.2. The summed E-state index contributed by atoms with van der Waals surface area (Å²) in [7, 11) is 0. The predicted octanol–water partition coefficient (Wildman–Crippen LogP) is 2.56. The first-order chi connectivity index (χ1) is 10.8. The molecule has 2 aromatic carbocycles. The Morgan fingerprint density at radius 2 is 1.73 bits per heavy atom. The predicted molar refractivity (Wildman–Crippen MR) is 88.5 cm³/mol. The molecule has 110 valence electrons. The molecule has 0 unspecified atom stereocenters. The zero-order valence-electron chi connectivity index (χ0n) is 12.0. The van der Waals surface area contributed by atoms with Crippen LogP contribution >= 0.6 is 0 Å². The maximum atomic E-state index is 12.5. The number of benzene rings is 2. The molecule has 4 nitrogen and oxygen atoms in total. The molecule has 0 saturated heterocycles. The van der Waals surface area contributed by atoms with Crippen LogP contribution in [0, 0.1) is 0 Å². The Morgan fingerprint density at radius 3 is 2.50 bits per heavy atom. The molecule has 3 rings (SSSR count). The highest BCUT2D eigenvalue weighted by Crippen LogP contribution is 2.11.